The van der Waals surface area contributed by atoms with Gasteiger partial charge in [-0.25, -0.2) is 4.98 Å². The zero-order valence-corrected chi connectivity index (χ0v) is 13.7. The molecule has 1 N–H and O–H groups in total. The van der Waals surface area contributed by atoms with Crippen molar-refractivity contribution >= 4 is 27.7 Å². The third-order valence-corrected chi connectivity index (χ3v) is 5.07. The molecule has 0 radical (unpaired) electrons. The lowest BCUT2D eigenvalue weighted by Crippen LogP contribution is -2.37. The van der Waals surface area contributed by atoms with Gasteiger partial charge in [-0.05, 0) is 49.2 Å². The first kappa shape index (κ1) is 14.1. The van der Waals surface area contributed by atoms with Gasteiger partial charge >= 0.3 is 0 Å². The van der Waals surface area contributed by atoms with E-state index in [-0.39, 0.29) is 0 Å². The highest BCUT2D eigenvalue weighted by Crippen LogP contribution is 2.32. The molecule has 110 valence electrons. The molecule has 0 aliphatic carbocycles. The summed E-state index contributed by atoms with van der Waals surface area (Å²) in [4.78, 5) is 13.9. The lowest BCUT2D eigenvalue weighted by Gasteiger charge is -2.27. The molecule has 2 saturated heterocycles. The minimum absolute atomic E-state index is 0.659. The maximum atomic E-state index is 4.67. The van der Waals surface area contributed by atoms with Crippen LogP contribution >= 0.6 is 15.9 Å². The third kappa shape index (κ3) is 2.63. The Morgan fingerprint density at radius 3 is 2.95 bits per heavy atom. The number of aromatic nitrogens is 2. The number of rotatable bonds is 3. The van der Waals surface area contributed by atoms with Gasteiger partial charge in [0.2, 0.25) is 5.95 Å². The smallest absolute Gasteiger partial charge is 0.224 e. The number of fused-ring (bicyclic) bond motifs is 2. The molecular formula is C14H22BrN5. The molecule has 0 saturated carbocycles. The Morgan fingerprint density at radius 1 is 1.35 bits per heavy atom. The second-order valence-corrected chi connectivity index (χ2v) is 6.53. The predicted molar refractivity (Wildman–Crippen MR) is 85.3 cm³/mol. The molecule has 3 heterocycles. The van der Waals surface area contributed by atoms with Crippen LogP contribution in [-0.2, 0) is 0 Å². The lowest BCUT2D eigenvalue weighted by molar-refractivity contribution is 0.254. The van der Waals surface area contributed by atoms with Crippen LogP contribution in [0.4, 0.5) is 11.8 Å². The monoisotopic (exact) mass is 339 g/mol. The summed E-state index contributed by atoms with van der Waals surface area (Å²) < 4.78 is 0.986. The molecular weight excluding hydrogens is 318 g/mol. The van der Waals surface area contributed by atoms with E-state index in [0.717, 1.165) is 36.0 Å². The van der Waals surface area contributed by atoms with Crippen LogP contribution in [0.3, 0.4) is 0 Å². The summed E-state index contributed by atoms with van der Waals surface area (Å²) in [5.74, 6) is 1.74. The van der Waals surface area contributed by atoms with E-state index >= 15 is 0 Å². The van der Waals surface area contributed by atoms with Gasteiger partial charge in [-0.15, -0.1) is 0 Å². The second kappa shape index (κ2) is 5.85. The fourth-order valence-electron chi connectivity index (χ4n) is 3.32. The van der Waals surface area contributed by atoms with Gasteiger partial charge < -0.3 is 10.2 Å². The average Bonchev–Trinajstić information content (AvgIpc) is 2.67. The Balaban J connectivity index is 1.83. The third-order valence-electron chi connectivity index (χ3n) is 4.51. The zero-order chi connectivity index (χ0) is 14.1. The first-order valence-corrected chi connectivity index (χ1v) is 8.21. The van der Waals surface area contributed by atoms with Crippen molar-refractivity contribution in [3.05, 3.63) is 10.7 Å². The summed E-state index contributed by atoms with van der Waals surface area (Å²) in [6.07, 6.45) is 5.73. The first-order chi connectivity index (χ1) is 9.69. The van der Waals surface area contributed by atoms with Gasteiger partial charge in [-0.3, -0.25) is 4.90 Å². The molecule has 2 aliphatic rings. The number of likely N-dealkylation sites (N-methyl/N-ethyl adjacent to an activating group) is 1. The fourth-order valence-corrected chi connectivity index (χ4v) is 3.77. The molecule has 20 heavy (non-hydrogen) atoms. The summed E-state index contributed by atoms with van der Waals surface area (Å²) in [7, 11) is 2.27. The van der Waals surface area contributed by atoms with Crippen molar-refractivity contribution in [1.82, 2.24) is 14.9 Å². The van der Waals surface area contributed by atoms with E-state index in [9.17, 15) is 0 Å². The van der Waals surface area contributed by atoms with E-state index in [2.05, 4.69) is 55.0 Å². The van der Waals surface area contributed by atoms with Crippen LogP contribution in [-0.4, -0.2) is 53.6 Å². The van der Waals surface area contributed by atoms with E-state index in [4.69, 9.17) is 0 Å². The molecule has 1 aromatic heterocycles. The Morgan fingerprint density at radius 2 is 2.15 bits per heavy atom. The van der Waals surface area contributed by atoms with E-state index in [1.807, 2.05) is 6.20 Å². The standard InChI is InChI=1S/C14H22BrN5/c1-3-16-14-17-8-12(15)13(18-14)20-7-6-10-4-5-11(9-20)19(10)2/h8,10-11H,3-7,9H2,1-2H3,(H,16,17,18). The van der Waals surface area contributed by atoms with Gasteiger partial charge in [0.15, 0.2) is 0 Å². The van der Waals surface area contributed by atoms with Crippen LogP contribution in [0.2, 0.25) is 0 Å². The SMILES string of the molecule is CCNc1ncc(Br)c(N2CCC3CCC(C2)N3C)n1. The van der Waals surface area contributed by atoms with E-state index < -0.39 is 0 Å². The molecule has 2 aliphatic heterocycles. The largest absolute Gasteiger partial charge is 0.354 e. The second-order valence-electron chi connectivity index (χ2n) is 5.68. The molecule has 0 spiro atoms. The van der Waals surface area contributed by atoms with Crippen molar-refractivity contribution in [2.45, 2.75) is 38.3 Å². The molecule has 3 rings (SSSR count). The first-order valence-electron chi connectivity index (χ1n) is 7.42. The van der Waals surface area contributed by atoms with Crippen LogP contribution in [0.15, 0.2) is 10.7 Å². The number of nitrogens with zero attached hydrogens (tertiary/aromatic N) is 4. The normalized spacial score (nSPS) is 26.6. The van der Waals surface area contributed by atoms with Gasteiger partial charge in [0.25, 0.3) is 0 Å². The highest BCUT2D eigenvalue weighted by Gasteiger charge is 2.35. The molecule has 1 aromatic rings. The number of halogens is 1. The van der Waals surface area contributed by atoms with E-state index in [1.165, 1.54) is 19.3 Å². The van der Waals surface area contributed by atoms with Gasteiger partial charge in [0.1, 0.15) is 5.82 Å². The van der Waals surface area contributed by atoms with Gasteiger partial charge in [0, 0.05) is 37.9 Å². The molecule has 0 aromatic carbocycles. The number of hydrogen-bond donors (Lipinski definition) is 1. The van der Waals surface area contributed by atoms with E-state index in [0.29, 0.717) is 12.0 Å². The van der Waals surface area contributed by atoms with Crippen LogP contribution in [0.25, 0.3) is 0 Å². The zero-order valence-electron chi connectivity index (χ0n) is 12.1. The summed E-state index contributed by atoms with van der Waals surface area (Å²) in [5, 5.41) is 3.19. The molecule has 2 atom stereocenters. The van der Waals surface area contributed by atoms with Crippen LogP contribution in [0.5, 0.6) is 0 Å². The molecule has 2 fully saturated rings. The van der Waals surface area contributed by atoms with Crippen LogP contribution < -0.4 is 10.2 Å². The molecule has 5 nitrogen and oxygen atoms in total. The summed E-state index contributed by atoms with van der Waals surface area (Å²) in [5.41, 5.74) is 0. The van der Waals surface area contributed by atoms with Crippen molar-refractivity contribution in [3.63, 3.8) is 0 Å². The maximum Gasteiger partial charge on any atom is 0.224 e. The number of nitrogens with one attached hydrogen (secondary N) is 1. The number of hydrogen-bond acceptors (Lipinski definition) is 5. The fraction of sp³-hybridized carbons (Fsp3) is 0.714. The van der Waals surface area contributed by atoms with Crippen LogP contribution in [0.1, 0.15) is 26.2 Å². The Hall–Kier alpha value is -0.880. The molecule has 0 amide bonds. The van der Waals surface area contributed by atoms with Crippen molar-refractivity contribution in [2.24, 2.45) is 0 Å². The van der Waals surface area contributed by atoms with Crippen molar-refractivity contribution < 1.29 is 0 Å². The summed E-state index contributed by atoms with van der Waals surface area (Å²) >= 11 is 3.60. The highest BCUT2D eigenvalue weighted by atomic mass is 79.9. The van der Waals surface area contributed by atoms with Gasteiger partial charge in [0.05, 0.1) is 4.47 Å². The minimum atomic E-state index is 0.659. The Bertz CT molecular complexity index is 481. The quantitative estimate of drug-likeness (QED) is 0.915. The Kier molecular flexibility index (Phi) is 4.12. The van der Waals surface area contributed by atoms with Crippen molar-refractivity contribution in [1.29, 1.82) is 0 Å². The topological polar surface area (TPSA) is 44.3 Å². The predicted octanol–water partition coefficient (Wildman–Crippen LogP) is 2.34. The average molecular weight is 340 g/mol. The highest BCUT2D eigenvalue weighted by molar-refractivity contribution is 9.10. The minimum Gasteiger partial charge on any atom is -0.354 e. The molecule has 2 unspecified atom stereocenters. The maximum absolute atomic E-state index is 4.67. The van der Waals surface area contributed by atoms with Gasteiger partial charge in [-0.2, -0.15) is 4.98 Å². The van der Waals surface area contributed by atoms with Gasteiger partial charge in [-0.1, -0.05) is 0 Å². The van der Waals surface area contributed by atoms with Crippen LogP contribution in [0, 0.1) is 0 Å². The summed E-state index contributed by atoms with van der Waals surface area (Å²) in [6, 6.07) is 1.41. The number of anilines is 2. The molecule has 2 bridgehead atoms. The summed E-state index contributed by atoms with van der Waals surface area (Å²) in [6.45, 7) is 5.04. The Labute approximate surface area is 128 Å². The van der Waals surface area contributed by atoms with Crippen molar-refractivity contribution in [3.8, 4) is 0 Å². The van der Waals surface area contributed by atoms with E-state index in [1.54, 1.807) is 0 Å². The van der Waals surface area contributed by atoms with Crippen molar-refractivity contribution in [2.75, 3.05) is 36.9 Å². The lowest BCUT2D eigenvalue weighted by atomic mass is 10.1. The molecule has 6 heteroatoms.